The molecule has 0 unspecified atom stereocenters. The maximum absolute atomic E-state index is 12.1. The summed E-state index contributed by atoms with van der Waals surface area (Å²) in [5.74, 6) is 2.79. The predicted octanol–water partition coefficient (Wildman–Crippen LogP) is 1.84. The van der Waals surface area contributed by atoms with Crippen molar-refractivity contribution in [3.63, 3.8) is 0 Å². The van der Waals surface area contributed by atoms with Gasteiger partial charge in [-0.1, -0.05) is 18.2 Å². The number of guanidine groups is 1. The standard InChI is InChI=1S/C23H35N5O2/c1-2-24-23(25-15-19-5-3-4-6-21(19)30-17-18-7-8-18)28-13-11-27(12-14-28)16-22(29)26-20-9-10-20/h3-6,18,20H,2,7-17H2,1H3,(H,24,25)(H,26,29). The lowest BCUT2D eigenvalue weighted by atomic mass is 10.2. The monoisotopic (exact) mass is 413 g/mol. The molecule has 0 spiro atoms. The number of hydrogen-bond acceptors (Lipinski definition) is 4. The first-order chi connectivity index (χ1) is 14.7. The molecule has 30 heavy (non-hydrogen) atoms. The molecular weight excluding hydrogens is 378 g/mol. The van der Waals surface area contributed by atoms with E-state index in [0.717, 1.165) is 75.4 Å². The average molecular weight is 414 g/mol. The number of carbonyl (C=O) groups is 1. The molecule has 1 heterocycles. The number of benzene rings is 1. The minimum Gasteiger partial charge on any atom is -0.493 e. The number of piperazine rings is 1. The minimum absolute atomic E-state index is 0.161. The number of rotatable bonds is 9. The van der Waals surface area contributed by atoms with Crippen molar-refractivity contribution in [3.8, 4) is 5.75 Å². The minimum atomic E-state index is 0.161. The second-order valence-electron chi connectivity index (χ2n) is 8.64. The molecule has 2 aliphatic carbocycles. The highest BCUT2D eigenvalue weighted by Crippen LogP contribution is 2.30. The molecule has 1 aromatic rings. The molecule has 4 rings (SSSR count). The zero-order valence-electron chi connectivity index (χ0n) is 18.1. The maximum Gasteiger partial charge on any atom is 0.234 e. The number of nitrogens with zero attached hydrogens (tertiary/aromatic N) is 3. The molecule has 0 bridgehead atoms. The highest BCUT2D eigenvalue weighted by molar-refractivity contribution is 5.80. The first kappa shape index (κ1) is 21.0. The molecule has 2 saturated carbocycles. The van der Waals surface area contributed by atoms with Crippen LogP contribution >= 0.6 is 0 Å². The van der Waals surface area contributed by atoms with Gasteiger partial charge in [-0.05, 0) is 44.6 Å². The largest absolute Gasteiger partial charge is 0.493 e. The molecule has 3 fully saturated rings. The van der Waals surface area contributed by atoms with Crippen molar-refractivity contribution in [3.05, 3.63) is 29.8 Å². The highest BCUT2D eigenvalue weighted by atomic mass is 16.5. The Morgan fingerprint density at radius 2 is 1.90 bits per heavy atom. The Kier molecular flexibility index (Phi) is 7.10. The topological polar surface area (TPSA) is 69.2 Å². The summed E-state index contributed by atoms with van der Waals surface area (Å²) in [6, 6.07) is 8.66. The number of ether oxygens (including phenoxy) is 1. The third-order valence-electron chi connectivity index (χ3n) is 5.86. The lowest BCUT2D eigenvalue weighted by molar-refractivity contribution is -0.122. The predicted molar refractivity (Wildman–Crippen MR) is 119 cm³/mol. The van der Waals surface area contributed by atoms with Gasteiger partial charge in [0, 0.05) is 44.3 Å². The zero-order valence-corrected chi connectivity index (χ0v) is 18.1. The summed E-state index contributed by atoms with van der Waals surface area (Å²) in [7, 11) is 0. The molecular formula is C23H35N5O2. The van der Waals surface area contributed by atoms with E-state index in [2.05, 4.69) is 33.4 Å². The van der Waals surface area contributed by atoms with Crippen LogP contribution in [0.15, 0.2) is 29.3 Å². The SMILES string of the molecule is CCNC(=NCc1ccccc1OCC1CC1)N1CCN(CC(=O)NC2CC2)CC1. The summed E-state index contributed by atoms with van der Waals surface area (Å²) in [6.45, 7) is 8.37. The summed E-state index contributed by atoms with van der Waals surface area (Å²) in [4.78, 5) is 21.5. The van der Waals surface area contributed by atoms with Crippen LogP contribution in [0.4, 0.5) is 0 Å². The molecule has 7 heteroatoms. The summed E-state index contributed by atoms with van der Waals surface area (Å²) in [5, 5.41) is 6.51. The Hall–Kier alpha value is -2.28. The molecule has 164 valence electrons. The molecule has 1 saturated heterocycles. The molecule has 7 nitrogen and oxygen atoms in total. The van der Waals surface area contributed by atoms with E-state index >= 15 is 0 Å². The van der Waals surface area contributed by atoms with Crippen LogP contribution in [0.25, 0.3) is 0 Å². The van der Waals surface area contributed by atoms with Crippen molar-refractivity contribution in [2.24, 2.45) is 10.9 Å². The van der Waals surface area contributed by atoms with Crippen LogP contribution in [0.2, 0.25) is 0 Å². The van der Waals surface area contributed by atoms with Gasteiger partial charge in [-0.25, -0.2) is 4.99 Å². The van der Waals surface area contributed by atoms with Crippen molar-refractivity contribution < 1.29 is 9.53 Å². The van der Waals surface area contributed by atoms with E-state index in [0.29, 0.717) is 19.1 Å². The van der Waals surface area contributed by atoms with Gasteiger partial charge in [0.1, 0.15) is 5.75 Å². The molecule has 0 aromatic heterocycles. The zero-order chi connectivity index (χ0) is 20.8. The Morgan fingerprint density at radius 3 is 2.60 bits per heavy atom. The molecule has 1 amide bonds. The smallest absolute Gasteiger partial charge is 0.234 e. The van der Waals surface area contributed by atoms with Crippen molar-refractivity contribution in [1.82, 2.24) is 20.4 Å². The number of nitrogens with one attached hydrogen (secondary N) is 2. The number of aliphatic imine (C=N–C) groups is 1. The van der Waals surface area contributed by atoms with E-state index in [1.54, 1.807) is 0 Å². The lowest BCUT2D eigenvalue weighted by Gasteiger charge is -2.36. The Labute approximate surface area is 179 Å². The van der Waals surface area contributed by atoms with Crippen LogP contribution in [0.5, 0.6) is 5.75 Å². The first-order valence-corrected chi connectivity index (χ1v) is 11.5. The van der Waals surface area contributed by atoms with Crippen LogP contribution in [0, 0.1) is 5.92 Å². The maximum atomic E-state index is 12.1. The van der Waals surface area contributed by atoms with Crippen LogP contribution < -0.4 is 15.4 Å². The molecule has 3 aliphatic rings. The summed E-state index contributed by atoms with van der Waals surface area (Å²) in [6.07, 6.45) is 4.85. The van der Waals surface area contributed by atoms with Crippen LogP contribution in [-0.4, -0.2) is 73.6 Å². The van der Waals surface area contributed by atoms with Crippen molar-refractivity contribution in [1.29, 1.82) is 0 Å². The Morgan fingerprint density at radius 1 is 1.13 bits per heavy atom. The van der Waals surface area contributed by atoms with E-state index in [9.17, 15) is 4.79 Å². The normalized spacial score (nSPS) is 20.2. The molecule has 1 aromatic carbocycles. The summed E-state index contributed by atoms with van der Waals surface area (Å²) >= 11 is 0. The van der Waals surface area contributed by atoms with Gasteiger partial charge >= 0.3 is 0 Å². The van der Waals surface area contributed by atoms with Gasteiger partial charge in [0.25, 0.3) is 0 Å². The Balaban J connectivity index is 1.30. The molecule has 0 atom stereocenters. The quantitative estimate of drug-likeness (QED) is 0.478. The fourth-order valence-electron chi connectivity index (χ4n) is 3.68. The van der Waals surface area contributed by atoms with E-state index in [4.69, 9.17) is 9.73 Å². The van der Waals surface area contributed by atoms with Gasteiger partial charge in [-0.15, -0.1) is 0 Å². The second-order valence-corrected chi connectivity index (χ2v) is 8.64. The van der Waals surface area contributed by atoms with Crippen molar-refractivity contribution in [2.75, 3.05) is 45.9 Å². The molecule has 0 radical (unpaired) electrons. The number of para-hydroxylation sites is 1. The summed E-state index contributed by atoms with van der Waals surface area (Å²) in [5.41, 5.74) is 1.13. The van der Waals surface area contributed by atoms with Gasteiger partial charge in [0.2, 0.25) is 5.91 Å². The van der Waals surface area contributed by atoms with E-state index < -0.39 is 0 Å². The van der Waals surface area contributed by atoms with Crippen LogP contribution in [0.1, 0.15) is 38.2 Å². The highest BCUT2D eigenvalue weighted by Gasteiger charge is 2.26. The summed E-state index contributed by atoms with van der Waals surface area (Å²) < 4.78 is 6.03. The number of carbonyl (C=O) groups excluding carboxylic acids is 1. The third-order valence-corrected chi connectivity index (χ3v) is 5.86. The third kappa shape index (κ3) is 6.36. The molecule has 1 aliphatic heterocycles. The van der Waals surface area contributed by atoms with Gasteiger partial charge in [-0.2, -0.15) is 0 Å². The molecule has 2 N–H and O–H groups in total. The average Bonchev–Trinajstić information content (AvgIpc) is 3.67. The fraction of sp³-hybridized carbons (Fsp3) is 0.652. The van der Waals surface area contributed by atoms with Crippen LogP contribution in [-0.2, 0) is 11.3 Å². The number of amides is 1. The lowest BCUT2D eigenvalue weighted by Crippen LogP contribution is -2.54. The fourth-order valence-corrected chi connectivity index (χ4v) is 3.68. The van der Waals surface area contributed by atoms with Gasteiger partial charge < -0.3 is 20.3 Å². The van der Waals surface area contributed by atoms with Gasteiger partial charge in [0.15, 0.2) is 5.96 Å². The first-order valence-electron chi connectivity index (χ1n) is 11.5. The number of hydrogen-bond donors (Lipinski definition) is 2. The van der Waals surface area contributed by atoms with Gasteiger partial charge in [-0.3, -0.25) is 9.69 Å². The van der Waals surface area contributed by atoms with Gasteiger partial charge in [0.05, 0.1) is 19.7 Å². The van der Waals surface area contributed by atoms with Crippen LogP contribution in [0.3, 0.4) is 0 Å². The van der Waals surface area contributed by atoms with Crippen molar-refractivity contribution in [2.45, 2.75) is 45.2 Å². The van der Waals surface area contributed by atoms with E-state index in [-0.39, 0.29) is 5.91 Å². The Bertz CT molecular complexity index is 737. The second kappa shape index (κ2) is 10.2. The van der Waals surface area contributed by atoms with Crippen molar-refractivity contribution >= 4 is 11.9 Å². The van der Waals surface area contributed by atoms with E-state index in [1.165, 1.54) is 12.8 Å². The van der Waals surface area contributed by atoms with E-state index in [1.807, 2.05) is 18.2 Å².